The first-order valence-corrected chi connectivity index (χ1v) is 13.4. The zero-order valence-electron chi connectivity index (χ0n) is 22.3. The summed E-state index contributed by atoms with van der Waals surface area (Å²) >= 11 is 6.53. The van der Waals surface area contributed by atoms with Crippen molar-refractivity contribution in [1.82, 2.24) is 0 Å². The summed E-state index contributed by atoms with van der Waals surface area (Å²) in [6, 6.07) is 19.5. The van der Waals surface area contributed by atoms with Gasteiger partial charge in [-0.15, -0.1) is 0 Å². The Morgan fingerprint density at radius 3 is 2.45 bits per heavy atom. The number of benzene rings is 3. The summed E-state index contributed by atoms with van der Waals surface area (Å²) in [6.07, 6.45) is 0.335. The van der Waals surface area contributed by atoms with Gasteiger partial charge in [0.15, 0.2) is 5.78 Å². The minimum atomic E-state index is -1.11. The van der Waals surface area contributed by atoms with Gasteiger partial charge in [0, 0.05) is 34.8 Å². The fourth-order valence-corrected chi connectivity index (χ4v) is 5.86. The highest BCUT2D eigenvalue weighted by Crippen LogP contribution is 2.52. The van der Waals surface area contributed by atoms with Gasteiger partial charge in [0.2, 0.25) is 0 Å². The van der Waals surface area contributed by atoms with Gasteiger partial charge in [0.05, 0.1) is 40.1 Å². The number of anilines is 1. The van der Waals surface area contributed by atoms with Crippen LogP contribution < -0.4 is 15.4 Å². The summed E-state index contributed by atoms with van der Waals surface area (Å²) in [7, 11) is 0. The Kier molecular flexibility index (Phi) is 7.65. The molecule has 0 saturated carbocycles. The van der Waals surface area contributed by atoms with E-state index in [0.29, 0.717) is 5.70 Å². The molecule has 12 heteroatoms. The lowest BCUT2D eigenvalue weighted by molar-refractivity contribution is -0.384. The van der Waals surface area contributed by atoms with E-state index >= 15 is 0 Å². The number of nitrogens with two attached hydrogens (primary N) is 1. The van der Waals surface area contributed by atoms with Gasteiger partial charge >= 0.3 is 0 Å². The van der Waals surface area contributed by atoms with Crippen LogP contribution in [0.3, 0.4) is 0 Å². The van der Waals surface area contributed by atoms with E-state index in [9.17, 15) is 30.3 Å². The maximum atomic E-state index is 14.0. The molecule has 2 N–H and O–H groups in total. The summed E-state index contributed by atoms with van der Waals surface area (Å²) in [4.78, 5) is 38.1. The monoisotopic (exact) mass is 585 g/mol. The molecular formula is C30H24ClN5O6. The number of allylic oxidation sites excluding steroid dienone is 3. The van der Waals surface area contributed by atoms with Crippen molar-refractivity contribution in [1.29, 1.82) is 5.26 Å². The van der Waals surface area contributed by atoms with E-state index in [-0.39, 0.29) is 81.5 Å². The van der Waals surface area contributed by atoms with E-state index in [4.69, 9.17) is 22.1 Å². The fraction of sp³-hybridized carbons (Fsp3) is 0.200. The summed E-state index contributed by atoms with van der Waals surface area (Å²) < 4.78 is 5.47. The first-order valence-electron chi connectivity index (χ1n) is 13.0. The van der Waals surface area contributed by atoms with E-state index < -0.39 is 15.8 Å². The number of carbonyl (C=O) groups excluding carboxylic acids is 1. The lowest BCUT2D eigenvalue weighted by Gasteiger charge is -2.41. The number of hydrogen-bond acceptors (Lipinski definition) is 9. The molecule has 0 fully saturated rings. The smallest absolute Gasteiger partial charge is 0.296 e. The molecular weight excluding hydrogens is 562 g/mol. The van der Waals surface area contributed by atoms with Crippen molar-refractivity contribution in [3.8, 4) is 11.8 Å². The topological polar surface area (TPSA) is 166 Å². The zero-order chi connectivity index (χ0) is 30.1. The van der Waals surface area contributed by atoms with Gasteiger partial charge < -0.3 is 10.5 Å². The average molecular weight is 586 g/mol. The Bertz CT molecular complexity index is 1730. The first kappa shape index (κ1) is 28.3. The molecule has 0 aromatic heterocycles. The molecule has 0 radical (unpaired) electrons. The van der Waals surface area contributed by atoms with E-state index in [2.05, 4.69) is 6.07 Å². The SMILES string of the molecule is CCOc1ccc(N2C(N)=C(C#N)C(c3cc([N+](=O)[O-])ccc3Cl)C3=C2CC(c2ccccc2)CC3=O)c([N+](=O)[O-])c1. The van der Waals surface area contributed by atoms with Gasteiger partial charge in [-0.3, -0.25) is 29.9 Å². The number of rotatable bonds is 7. The lowest BCUT2D eigenvalue weighted by Crippen LogP contribution is -2.40. The van der Waals surface area contributed by atoms with Crippen molar-refractivity contribution in [3.63, 3.8) is 0 Å². The maximum Gasteiger partial charge on any atom is 0.296 e. The van der Waals surface area contributed by atoms with Crippen molar-refractivity contribution in [2.75, 3.05) is 11.5 Å². The Balaban J connectivity index is 1.80. The number of halogens is 1. The summed E-state index contributed by atoms with van der Waals surface area (Å²) in [5.74, 6) is -1.60. The van der Waals surface area contributed by atoms with Crippen molar-refractivity contribution in [2.24, 2.45) is 5.73 Å². The predicted octanol–water partition coefficient (Wildman–Crippen LogP) is 6.25. The van der Waals surface area contributed by atoms with Crippen LogP contribution in [0.25, 0.3) is 0 Å². The number of Topliss-reactive ketones (excluding diaryl/α,β-unsaturated/α-hetero) is 1. The van der Waals surface area contributed by atoms with Crippen LogP contribution in [0.4, 0.5) is 17.1 Å². The third-order valence-corrected chi connectivity index (χ3v) is 7.78. The lowest BCUT2D eigenvalue weighted by atomic mass is 9.71. The van der Waals surface area contributed by atoms with Crippen molar-refractivity contribution < 1.29 is 19.4 Å². The molecule has 5 rings (SSSR count). The standard InChI is InChI=1S/C30H24ClN5O6/c1-2-42-20-9-11-24(25(15-20)36(40)41)34-26-12-18(17-6-4-3-5-7-17)13-27(37)29(26)28(22(16-32)30(34)33)21-14-19(35(38)39)8-10-23(21)31/h3-11,14-15,18,28H,2,12-13,33H2,1H3. The molecule has 11 nitrogen and oxygen atoms in total. The number of ketones is 1. The van der Waals surface area contributed by atoms with Crippen molar-refractivity contribution in [2.45, 2.75) is 31.6 Å². The van der Waals surface area contributed by atoms with Crippen LogP contribution in [0.1, 0.15) is 42.7 Å². The molecule has 0 amide bonds. The van der Waals surface area contributed by atoms with Crippen LogP contribution in [-0.2, 0) is 4.79 Å². The Labute approximate surface area is 245 Å². The van der Waals surface area contributed by atoms with Gasteiger partial charge in [0.1, 0.15) is 17.3 Å². The van der Waals surface area contributed by atoms with E-state index in [1.54, 1.807) is 13.0 Å². The normalized spacial score (nSPS) is 18.4. The van der Waals surface area contributed by atoms with Gasteiger partial charge in [0.25, 0.3) is 11.4 Å². The molecule has 0 saturated heterocycles. The largest absolute Gasteiger partial charge is 0.494 e. The minimum absolute atomic E-state index is 0.0475. The van der Waals surface area contributed by atoms with Crippen LogP contribution in [0.15, 0.2) is 89.4 Å². The molecule has 2 atom stereocenters. The fourth-order valence-electron chi connectivity index (χ4n) is 5.64. The molecule has 2 aliphatic rings. The van der Waals surface area contributed by atoms with Gasteiger partial charge in [-0.25, -0.2) is 0 Å². The first-order chi connectivity index (χ1) is 20.2. The van der Waals surface area contributed by atoms with Gasteiger partial charge in [-0.05, 0) is 48.6 Å². The molecule has 212 valence electrons. The average Bonchev–Trinajstić information content (AvgIpc) is 2.97. The Morgan fingerprint density at radius 1 is 1.07 bits per heavy atom. The number of carbonyl (C=O) groups is 1. The van der Waals surface area contributed by atoms with E-state index in [1.165, 1.54) is 35.2 Å². The van der Waals surface area contributed by atoms with E-state index in [1.807, 2.05) is 30.3 Å². The summed E-state index contributed by atoms with van der Waals surface area (Å²) in [5.41, 5.74) is 7.56. The Morgan fingerprint density at radius 2 is 1.81 bits per heavy atom. The Hall–Kier alpha value is -5.21. The number of nitrogens with zero attached hydrogens (tertiary/aromatic N) is 4. The van der Waals surface area contributed by atoms with Crippen LogP contribution in [0.2, 0.25) is 5.02 Å². The molecule has 1 aliphatic carbocycles. The van der Waals surface area contributed by atoms with Crippen LogP contribution in [0, 0.1) is 31.6 Å². The van der Waals surface area contributed by atoms with Crippen LogP contribution in [0.5, 0.6) is 5.75 Å². The maximum absolute atomic E-state index is 14.0. The molecule has 3 aromatic carbocycles. The number of non-ortho nitro benzene ring substituents is 1. The molecule has 1 aliphatic heterocycles. The van der Waals surface area contributed by atoms with E-state index in [0.717, 1.165) is 5.56 Å². The number of hydrogen-bond donors (Lipinski definition) is 1. The molecule has 1 heterocycles. The predicted molar refractivity (Wildman–Crippen MR) is 155 cm³/mol. The number of nitro groups is 2. The third kappa shape index (κ3) is 4.93. The molecule has 0 spiro atoms. The highest BCUT2D eigenvalue weighted by atomic mass is 35.5. The van der Waals surface area contributed by atoms with Crippen molar-refractivity contribution >= 4 is 34.4 Å². The molecule has 42 heavy (non-hydrogen) atoms. The van der Waals surface area contributed by atoms with Crippen molar-refractivity contribution in [3.05, 3.63) is 126 Å². The third-order valence-electron chi connectivity index (χ3n) is 7.44. The number of ether oxygens (including phenoxy) is 1. The second-order valence-electron chi connectivity index (χ2n) is 9.78. The number of nitro benzene ring substituents is 2. The van der Waals surface area contributed by atoms with Crippen LogP contribution >= 0.6 is 11.6 Å². The molecule has 2 unspecified atom stereocenters. The number of nitriles is 1. The highest BCUT2D eigenvalue weighted by Gasteiger charge is 2.45. The minimum Gasteiger partial charge on any atom is -0.494 e. The molecule has 3 aromatic rings. The van der Waals surface area contributed by atoms with Gasteiger partial charge in [-0.1, -0.05) is 41.9 Å². The zero-order valence-corrected chi connectivity index (χ0v) is 23.1. The second kappa shape index (κ2) is 11.3. The summed E-state index contributed by atoms with van der Waals surface area (Å²) in [6.45, 7) is 2.03. The second-order valence-corrected chi connectivity index (χ2v) is 10.2. The molecule has 0 bridgehead atoms. The highest BCUT2D eigenvalue weighted by molar-refractivity contribution is 6.31. The van der Waals surface area contributed by atoms with Gasteiger partial charge in [-0.2, -0.15) is 5.26 Å². The van der Waals surface area contributed by atoms with Crippen LogP contribution in [-0.4, -0.2) is 22.2 Å². The quantitative estimate of drug-likeness (QED) is 0.249. The summed E-state index contributed by atoms with van der Waals surface area (Å²) in [5, 5.41) is 34.3.